The molecule has 9 nitrogen and oxygen atoms in total. The lowest BCUT2D eigenvalue weighted by atomic mass is 9.48. The predicted octanol–water partition coefficient (Wildman–Crippen LogP) is 4.48. The zero-order valence-corrected chi connectivity index (χ0v) is 24.0. The number of hydrogen-bond acceptors (Lipinski definition) is 9. The van der Waals surface area contributed by atoms with Gasteiger partial charge in [0.1, 0.15) is 12.2 Å². The molecule has 1 aliphatic heterocycles. The molecule has 2 bridgehead atoms. The lowest BCUT2D eigenvalue weighted by Crippen LogP contribution is -2.68. The van der Waals surface area contributed by atoms with Crippen LogP contribution < -0.4 is 0 Å². The summed E-state index contributed by atoms with van der Waals surface area (Å²) in [7, 11) is 0. The van der Waals surface area contributed by atoms with Gasteiger partial charge in [0, 0.05) is 29.7 Å². The van der Waals surface area contributed by atoms with Gasteiger partial charge in [0.25, 0.3) is 0 Å². The SMILES string of the molecule is C=C1[C@@H](OC(=O)/C=C/c2ccccc2)CC[C@@]2(C)[C@@H](O)[C@H](OC(C)=O)C3=C(C)C(=O)C[C@]4(OC(=O)O[C@H]4[C@H]12)C3(C)C. The minimum absolute atomic E-state index is 0.154. The van der Waals surface area contributed by atoms with Gasteiger partial charge in [-0.3, -0.25) is 9.59 Å². The summed E-state index contributed by atoms with van der Waals surface area (Å²) in [5, 5.41) is 12.0. The van der Waals surface area contributed by atoms with E-state index in [0.717, 1.165) is 5.56 Å². The maximum Gasteiger partial charge on any atom is 0.509 e. The van der Waals surface area contributed by atoms with Gasteiger partial charge >= 0.3 is 18.1 Å². The van der Waals surface area contributed by atoms with Crippen LogP contribution in [0.25, 0.3) is 6.08 Å². The largest absolute Gasteiger partial charge is 0.509 e. The van der Waals surface area contributed by atoms with Gasteiger partial charge < -0.3 is 24.1 Å². The van der Waals surface area contributed by atoms with E-state index in [4.69, 9.17) is 18.9 Å². The molecule has 1 aromatic rings. The number of Topliss-reactive ketones (excluding diaryl/α,β-unsaturated/α-hetero) is 1. The van der Waals surface area contributed by atoms with Crippen molar-refractivity contribution in [1.29, 1.82) is 0 Å². The standard InChI is InChI=1S/C32H36O9/c1-17-21(34)16-32-28(40-29(37)41-32)25-18(2)22(39-23(35)13-12-20-10-8-7-9-11-20)14-15-31(25,6)27(36)26(38-19(3)33)24(17)30(32,4)5/h7-13,22,25-28,36H,2,14-16H2,1,3-6H3/b13-12+/t22-,25-,26+,27-,28-,31+,32+/m0/s1. The fourth-order valence-corrected chi connectivity index (χ4v) is 7.52. The Bertz CT molecular complexity index is 1370. The summed E-state index contributed by atoms with van der Waals surface area (Å²) in [6.07, 6.45) is -1.71. The fourth-order valence-electron chi connectivity index (χ4n) is 7.52. The van der Waals surface area contributed by atoms with Crippen molar-refractivity contribution in [3.05, 3.63) is 65.3 Å². The molecule has 2 saturated carbocycles. The second kappa shape index (κ2) is 9.98. The first-order valence-electron chi connectivity index (χ1n) is 13.8. The van der Waals surface area contributed by atoms with Crippen LogP contribution in [0.4, 0.5) is 4.79 Å². The van der Waals surface area contributed by atoms with Crippen molar-refractivity contribution in [2.24, 2.45) is 16.7 Å². The van der Waals surface area contributed by atoms with E-state index in [1.165, 1.54) is 13.0 Å². The molecule has 1 N–H and O–H groups in total. The highest BCUT2D eigenvalue weighted by molar-refractivity contribution is 5.99. The number of rotatable bonds is 4. The molecule has 4 aliphatic rings. The van der Waals surface area contributed by atoms with Gasteiger partial charge in [-0.25, -0.2) is 9.59 Å². The molecule has 0 aromatic heterocycles. The molecule has 1 aromatic carbocycles. The molecule has 1 saturated heterocycles. The van der Waals surface area contributed by atoms with Gasteiger partial charge in [-0.05, 0) is 48.1 Å². The quantitative estimate of drug-likeness (QED) is 0.244. The lowest BCUT2D eigenvalue weighted by molar-refractivity contribution is -0.190. The number of carbonyl (C=O) groups excluding carboxylic acids is 4. The van der Waals surface area contributed by atoms with Crippen LogP contribution >= 0.6 is 0 Å². The summed E-state index contributed by atoms with van der Waals surface area (Å²) in [4.78, 5) is 51.5. The van der Waals surface area contributed by atoms with Gasteiger partial charge in [0.2, 0.25) is 0 Å². The van der Waals surface area contributed by atoms with E-state index in [9.17, 15) is 24.3 Å². The number of carbonyl (C=O) groups is 4. The van der Waals surface area contributed by atoms with Crippen LogP contribution in [0.3, 0.4) is 0 Å². The van der Waals surface area contributed by atoms with Gasteiger partial charge in [-0.1, -0.05) is 57.7 Å². The third-order valence-corrected chi connectivity index (χ3v) is 9.71. The maximum absolute atomic E-state index is 13.4. The first-order chi connectivity index (χ1) is 19.2. The number of esters is 2. The fraction of sp³-hybridized carbons (Fsp3) is 0.500. The highest BCUT2D eigenvalue weighted by atomic mass is 16.8. The van der Waals surface area contributed by atoms with E-state index in [0.29, 0.717) is 29.6 Å². The number of ketones is 1. The average Bonchev–Trinajstić information content (AvgIpc) is 3.23. The molecule has 7 atom stereocenters. The molecule has 3 fully saturated rings. The van der Waals surface area contributed by atoms with Crippen LogP contribution in [-0.4, -0.2) is 59.0 Å². The van der Waals surface area contributed by atoms with Crippen LogP contribution in [0.15, 0.2) is 59.7 Å². The molecular formula is C32H36O9. The minimum Gasteiger partial charge on any atom is -0.455 e. The minimum atomic E-state index is -1.47. The maximum atomic E-state index is 13.4. The summed E-state index contributed by atoms with van der Waals surface area (Å²) in [6, 6.07) is 9.31. The topological polar surface area (TPSA) is 125 Å². The normalized spacial score (nSPS) is 36.0. The molecule has 0 unspecified atom stereocenters. The summed E-state index contributed by atoms with van der Waals surface area (Å²) in [5.41, 5.74) is -1.56. The Hall–Kier alpha value is -3.72. The second-order valence-electron chi connectivity index (χ2n) is 12.3. The Labute approximate surface area is 239 Å². The predicted molar refractivity (Wildman–Crippen MR) is 147 cm³/mol. The van der Waals surface area contributed by atoms with Gasteiger partial charge in [-0.15, -0.1) is 0 Å². The zero-order valence-electron chi connectivity index (χ0n) is 24.0. The number of hydrogen-bond donors (Lipinski definition) is 1. The second-order valence-corrected chi connectivity index (χ2v) is 12.3. The van der Waals surface area contributed by atoms with Crippen molar-refractivity contribution in [2.75, 3.05) is 0 Å². The first-order valence-corrected chi connectivity index (χ1v) is 13.8. The lowest BCUT2D eigenvalue weighted by Gasteiger charge is -2.59. The van der Waals surface area contributed by atoms with E-state index >= 15 is 0 Å². The van der Waals surface area contributed by atoms with Crippen molar-refractivity contribution >= 4 is 30.0 Å². The Kier molecular flexibility index (Phi) is 7.01. The molecule has 3 aliphatic carbocycles. The molecular weight excluding hydrogens is 528 g/mol. The van der Waals surface area contributed by atoms with Crippen molar-refractivity contribution in [1.82, 2.24) is 0 Å². The molecule has 41 heavy (non-hydrogen) atoms. The van der Waals surface area contributed by atoms with Gasteiger partial charge in [0.15, 0.2) is 23.6 Å². The summed E-state index contributed by atoms with van der Waals surface area (Å²) < 4.78 is 23.4. The summed E-state index contributed by atoms with van der Waals surface area (Å²) in [6.45, 7) is 12.6. The van der Waals surface area contributed by atoms with E-state index in [-0.39, 0.29) is 12.2 Å². The van der Waals surface area contributed by atoms with Crippen LogP contribution in [0.2, 0.25) is 0 Å². The van der Waals surface area contributed by atoms with Gasteiger partial charge in [-0.2, -0.15) is 0 Å². The molecule has 5 rings (SSSR count). The summed E-state index contributed by atoms with van der Waals surface area (Å²) >= 11 is 0. The van der Waals surface area contributed by atoms with E-state index in [1.807, 2.05) is 37.3 Å². The monoisotopic (exact) mass is 564 g/mol. The Morgan fingerprint density at radius 2 is 1.80 bits per heavy atom. The van der Waals surface area contributed by atoms with Crippen molar-refractivity contribution in [2.45, 2.75) is 83.9 Å². The highest BCUT2D eigenvalue weighted by Gasteiger charge is 2.73. The third kappa shape index (κ3) is 4.41. The van der Waals surface area contributed by atoms with Crippen LogP contribution in [0, 0.1) is 16.7 Å². The van der Waals surface area contributed by atoms with Crippen LogP contribution in [0.5, 0.6) is 0 Å². The number of ether oxygens (including phenoxy) is 4. The molecule has 0 radical (unpaired) electrons. The first kappa shape index (κ1) is 28.8. The number of fused-ring (bicyclic) bond motifs is 3. The Morgan fingerprint density at radius 1 is 1.12 bits per heavy atom. The Balaban J connectivity index is 1.58. The van der Waals surface area contributed by atoms with E-state index < -0.39 is 64.9 Å². The number of aliphatic hydroxyl groups is 1. The molecule has 0 amide bonds. The van der Waals surface area contributed by atoms with E-state index in [2.05, 4.69) is 6.58 Å². The highest BCUT2D eigenvalue weighted by Crippen LogP contribution is 2.64. The number of aliphatic hydroxyl groups excluding tert-OH is 1. The molecule has 1 heterocycles. The van der Waals surface area contributed by atoms with Crippen LogP contribution in [0.1, 0.15) is 59.4 Å². The molecule has 218 valence electrons. The summed E-state index contributed by atoms with van der Waals surface area (Å²) in [5.74, 6) is -2.29. The molecule has 1 spiro atoms. The van der Waals surface area contributed by atoms with Crippen molar-refractivity contribution in [3.8, 4) is 0 Å². The van der Waals surface area contributed by atoms with Crippen molar-refractivity contribution < 1.29 is 43.2 Å². The average molecular weight is 565 g/mol. The Morgan fingerprint density at radius 3 is 2.46 bits per heavy atom. The zero-order chi connectivity index (χ0) is 29.9. The third-order valence-electron chi connectivity index (χ3n) is 9.71. The van der Waals surface area contributed by atoms with Crippen LogP contribution in [-0.2, 0) is 33.3 Å². The van der Waals surface area contributed by atoms with Gasteiger partial charge in [0.05, 0.1) is 6.42 Å². The smallest absolute Gasteiger partial charge is 0.455 e. The number of benzene rings is 1. The number of allylic oxidation sites excluding steroid dienone is 1. The van der Waals surface area contributed by atoms with Crippen molar-refractivity contribution in [3.63, 3.8) is 0 Å². The molecule has 9 heteroatoms. The van der Waals surface area contributed by atoms with E-state index in [1.54, 1.807) is 26.8 Å².